The Bertz CT molecular complexity index is 48.9. The maximum absolute atomic E-state index is 2.25. The van der Waals surface area contributed by atoms with Gasteiger partial charge in [-0.1, -0.05) is 28.5 Å². The molecule has 0 aromatic heterocycles. The number of rotatable bonds is 1. The van der Waals surface area contributed by atoms with Gasteiger partial charge in [-0.3, -0.25) is 0 Å². The minimum Gasteiger partial charge on any atom is -0.0814 e. The van der Waals surface area contributed by atoms with Gasteiger partial charge in [0.2, 0.25) is 0 Å². The van der Waals surface area contributed by atoms with Gasteiger partial charge in [0.15, 0.2) is 0 Å². The summed E-state index contributed by atoms with van der Waals surface area (Å²) in [6.45, 7) is 2.25. The minimum atomic E-state index is 0.940. The fourth-order valence-electron chi connectivity index (χ4n) is 0.401. The van der Waals surface area contributed by atoms with Crippen LogP contribution in [0.15, 0.2) is 0 Å². The third-order valence-corrected chi connectivity index (χ3v) is 5.95. The summed E-state index contributed by atoms with van der Waals surface area (Å²) in [5.41, 5.74) is 0. The van der Waals surface area contributed by atoms with Gasteiger partial charge in [-0.15, -0.1) is 0 Å². The molecular weight excluding hydrogens is 144 g/mol. The summed E-state index contributed by atoms with van der Waals surface area (Å²) in [5, 5.41) is 0.940. The molecule has 3 heteroatoms. The van der Waals surface area contributed by atoms with Crippen LogP contribution in [-0.4, -0.2) is 11.0 Å². The molecule has 0 bridgehead atoms. The van der Waals surface area contributed by atoms with Crippen LogP contribution in [0.5, 0.6) is 0 Å². The van der Waals surface area contributed by atoms with Crippen molar-refractivity contribution in [3.63, 3.8) is 0 Å². The molecule has 0 nitrogen and oxygen atoms in total. The Labute approximate surface area is 56.0 Å². The standard InChI is InChI=1S/C4H8S3/c1-2-4-3-5-7-6-4/h4H,2-3H2,1H3. The molecule has 1 aliphatic heterocycles. The van der Waals surface area contributed by atoms with Gasteiger partial charge in [0.1, 0.15) is 0 Å². The van der Waals surface area contributed by atoms with Crippen molar-refractivity contribution in [2.45, 2.75) is 18.6 Å². The minimum absolute atomic E-state index is 0.940. The monoisotopic (exact) mass is 152 g/mol. The van der Waals surface area contributed by atoms with E-state index in [9.17, 15) is 0 Å². The first-order valence-corrected chi connectivity index (χ1v) is 6.10. The molecule has 0 aromatic rings. The summed E-state index contributed by atoms with van der Waals surface area (Å²) in [5.74, 6) is 1.35. The van der Waals surface area contributed by atoms with E-state index in [4.69, 9.17) is 0 Å². The smallest absolute Gasteiger partial charge is 0.0256 e. The van der Waals surface area contributed by atoms with Crippen LogP contribution in [-0.2, 0) is 0 Å². The van der Waals surface area contributed by atoms with Crippen LogP contribution in [0.25, 0.3) is 0 Å². The van der Waals surface area contributed by atoms with Crippen molar-refractivity contribution < 1.29 is 0 Å². The Hall–Kier alpha value is 1.05. The Morgan fingerprint density at radius 3 is 2.86 bits per heavy atom. The van der Waals surface area contributed by atoms with Gasteiger partial charge in [0, 0.05) is 11.0 Å². The van der Waals surface area contributed by atoms with E-state index in [-0.39, 0.29) is 0 Å². The SMILES string of the molecule is CCC1CSSS1. The lowest BCUT2D eigenvalue weighted by atomic mass is 10.4. The zero-order valence-corrected chi connectivity index (χ0v) is 6.67. The van der Waals surface area contributed by atoms with Crippen LogP contribution in [0.3, 0.4) is 0 Å². The molecule has 0 spiro atoms. The summed E-state index contributed by atoms with van der Waals surface area (Å²) >= 11 is 0. The van der Waals surface area contributed by atoms with E-state index in [1.807, 2.05) is 31.4 Å². The first-order chi connectivity index (χ1) is 3.43. The Kier molecular flexibility index (Phi) is 2.78. The van der Waals surface area contributed by atoms with E-state index in [2.05, 4.69) is 6.92 Å². The zero-order chi connectivity index (χ0) is 5.11. The number of hydrogen-bond donors (Lipinski definition) is 0. The fourth-order valence-corrected chi connectivity index (χ4v) is 5.90. The van der Waals surface area contributed by atoms with Gasteiger partial charge in [0.05, 0.1) is 0 Å². The predicted octanol–water partition coefficient (Wildman–Crippen LogP) is 2.81. The van der Waals surface area contributed by atoms with Crippen LogP contribution in [0.1, 0.15) is 13.3 Å². The molecule has 1 unspecified atom stereocenters. The lowest BCUT2D eigenvalue weighted by Gasteiger charge is -1.96. The highest BCUT2D eigenvalue weighted by atomic mass is 33.5. The lowest BCUT2D eigenvalue weighted by Crippen LogP contribution is -1.95. The van der Waals surface area contributed by atoms with E-state index in [1.165, 1.54) is 12.2 Å². The molecule has 0 aromatic carbocycles. The molecule has 1 atom stereocenters. The average Bonchev–Trinajstić information content (AvgIpc) is 2.14. The summed E-state index contributed by atoms with van der Waals surface area (Å²) in [6, 6.07) is 0. The average molecular weight is 152 g/mol. The van der Waals surface area contributed by atoms with Crippen LogP contribution < -0.4 is 0 Å². The maximum atomic E-state index is 2.25. The second kappa shape index (κ2) is 3.15. The van der Waals surface area contributed by atoms with Gasteiger partial charge in [-0.25, -0.2) is 0 Å². The molecule has 1 fully saturated rings. The van der Waals surface area contributed by atoms with Crippen LogP contribution in [0.2, 0.25) is 0 Å². The highest BCUT2D eigenvalue weighted by Crippen LogP contribution is 2.47. The predicted molar refractivity (Wildman–Crippen MR) is 41.7 cm³/mol. The van der Waals surface area contributed by atoms with Gasteiger partial charge >= 0.3 is 0 Å². The molecule has 1 heterocycles. The summed E-state index contributed by atoms with van der Waals surface area (Å²) in [6.07, 6.45) is 1.34. The normalized spacial score (nSPS) is 31.3. The van der Waals surface area contributed by atoms with E-state index in [0.717, 1.165) is 5.25 Å². The summed E-state index contributed by atoms with van der Waals surface area (Å²) < 4.78 is 0. The third kappa shape index (κ3) is 1.78. The third-order valence-electron chi connectivity index (χ3n) is 0.933. The zero-order valence-electron chi connectivity index (χ0n) is 4.22. The summed E-state index contributed by atoms with van der Waals surface area (Å²) in [4.78, 5) is 0. The van der Waals surface area contributed by atoms with Crippen LogP contribution in [0.4, 0.5) is 0 Å². The van der Waals surface area contributed by atoms with Crippen molar-refractivity contribution in [1.29, 1.82) is 0 Å². The van der Waals surface area contributed by atoms with Crippen molar-refractivity contribution in [2.75, 3.05) is 5.75 Å². The van der Waals surface area contributed by atoms with Gasteiger partial charge in [-0.2, -0.15) is 0 Å². The maximum Gasteiger partial charge on any atom is 0.0256 e. The Morgan fingerprint density at radius 2 is 2.57 bits per heavy atom. The largest absolute Gasteiger partial charge is 0.0814 e. The van der Waals surface area contributed by atoms with Crippen molar-refractivity contribution in [2.24, 2.45) is 0 Å². The fraction of sp³-hybridized carbons (Fsp3) is 1.00. The quantitative estimate of drug-likeness (QED) is 0.530. The second-order valence-electron chi connectivity index (χ2n) is 1.48. The lowest BCUT2D eigenvalue weighted by molar-refractivity contribution is 0.926. The molecule has 1 saturated heterocycles. The van der Waals surface area contributed by atoms with Crippen LogP contribution >= 0.6 is 31.4 Å². The molecule has 0 amide bonds. The topological polar surface area (TPSA) is 0 Å². The summed E-state index contributed by atoms with van der Waals surface area (Å²) in [7, 11) is 5.95. The molecule has 0 saturated carbocycles. The van der Waals surface area contributed by atoms with E-state index < -0.39 is 0 Å². The second-order valence-corrected chi connectivity index (χ2v) is 5.96. The van der Waals surface area contributed by atoms with E-state index >= 15 is 0 Å². The molecular formula is C4H8S3. The van der Waals surface area contributed by atoms with E-state index in [0.29, 0.717) is 0 Å². The molecule has 0 N–H and O–H groups in total. The van der Waals surface area contributed by atoms with E-state index in [1.54, 1.807) is 0 Å². The number of hydrogen-bond acceptors (Lipinski definition) is 3. The van der Waals surface area contributed by atoms with Crippen molar-refractivity contribution in [3.05, 3.63) is 0 Å². The van der Waals surface area contributed by atoms with Crippen molar-refractivity contribution >= 4 is 31.4 Å². The van der Waals surface area contributed by atoms with Crippen molar-refractivity contribution in [1.82, 2.24) is 0 Å². The highest BCUT2D eigenvalue weighted by Gasteiger charge is 2.13. The van der Waals surface area contributed by atoms with Crippen molar-refractivity contribution in [3.8, 4) is 0 Å². The first-order valence-electron chi connectivity index (χ1n) is 2.38. The molecule has 0 radical (unpaired) electrons. The van der Waals surface area contributed by atoms with Gasteiger partial charge < -0.3 is 0 Å². The molecule has 0 aliphatic carbocycles. The molecule has 1 aliphatic rings. The van der Waals surface area contributed by atoms with Gasteiger partial charge in [-0.05, 0) is 16.2 Å². The molecule has 42 valence electrons. The van der Waals surface area contributed by atoms with Crippen LogP contribution in [0, 0.1) is 0 Å². The highest BCUT2D eigenvalue weighted by molar-refractivity contribution is 9.10. The molecule has 7 heavy (non-hydrogen) atoms. The molecule has 1 rings (SSSR count). The van der Waals surface area contributed by atoms with Gasteiger partial charge in [0.25, 0.3) is 0 Å². The Balaban J connectivity index is 2.14. The first kappa shape index (κ1) is 6.17. The Morgan fingerprint density at radius 1 is 1.71 bits per heavy atom.